The SMILES string of the molecule is Nc1ncnc2c1ncn2CCCCCOc1cccc([N+](=O)[O-])c1. The second-order valence-corrected chi connectivity index (χ2v) is 5.53. The van der Waals surface area contributed by atoms with Gasteiger partial charge in [0, 0.05) is 12.6 Å². The summed E-state index contributed by atoms with van der Waals surface area (Å²) in [6.45, 7) is 1.30. The van der Waals surface area contributed by atoms with E-state index in [1.165, 1.54) is 18.5 Å². The van der Waals surface area contributed by atoms with Crippen LogP contribution in [-0.4, -0.2) is 31.0 Å². The first kappa shape index (κ1) is 16.6. The standard InChI is InChI=1S/C16H18N6O3/c17-15-14-16(19-10-18-15)21(11-20-14)7-2-1-3-8-25-13-6-4-5-12(9-13)22(23)24/h4-6,9-11H,1-3,7-8H2,(H2,17,18,19). The van der Waals surface area contributed by atoms with E-state index in [9.17, 15) is 10.1 Å². The molecule has 0 radical (unpaired) electrons. The van der Waals surface area contributed by atoms with E-state index in [0.717, 1.165) is 31.5 Å². The minimum Gasteiger partial charge on any atom is -0.493 e. The van der Waals surface area contributed by atoms with Crippen molar-refractivity contribution in [3.63, 3.8) is 0 Å². The van der Waals surface area contributed by atoms with Crippen molar-refractivity contribution in [2.75, 3.05) is 12.3 Å². The van der Waals surface area contributed by atoms with E-state index in [1.54, 1.807) is 18.5 Å². The second-order valence-electron chi connectivity index (χ2n) is 5.53. The molecule has 25 heavy (non-hydrogen) atoms. The van der Waals surface area contributed by atoms with Crippen LogP contribution in [0.4, 0.5) is 11.5 Å². The summed E-state index contributed by atoms with van der Waals surface area (Å²) < 4.78 is 7.51. The van der Waals surface area contributed by atoms with Gasteiger partial charge in [-0.05, 0) is 25.3 Å². The van der Waals surface area contributed by atoms with Gasteiger partial charge in [0.25, 0.3) is 5.69 Å². The third-order valence-electron chi connectivity index (χ3n) is 3.77. The van der Waals surface area contributed by atoms with Crippen LogP contribution in [0.25, 0.3) is 11.2 Å². The van der Waals surface area contributed by atoms with Gasteiger partial charge in [-0.25, -0.2) is 15.0 Å². The number of rotatable bonds is 8. The Hall–Kier alpha value is -3.23. The number of imidazole rings is 1. The first-order valence-electron chi connectivity index (χ1n) is 7.94. The molecule has 0 unspecified atom stereocenters. The van der Waals surface area contributed by atoms with Crippen molar-refractivity contribution < 1.29 is 9.66 Å². The Morgan fingerprint density at radius 2 is 2.08 bits per heavy atom. The normalized spacial score (nSPS) is 10.9. The molecule has 3 aromatic rings. The Bertz CT molecular complexity index is 879. The van der Waals surface area contributed by atoms with Crippen molar-refractivity contribution in [1.82, 2.24) is 19.5 Å². The van der Waals surface area contributed by atoms with E-state index in [1.807, 2.05) is 4.57 Å². The zero-order valence-electron chi connectivity index (χ0n) is 13.5. The molecule has 0 fully saturated rings. The number of nitrogen functional groups attached to an aromatic ring is 1. The van der Waals surface area contributed by atoms with Crippen LogP contribution in [-0.2, 0) is 6.54 Å². The van der Waals surface area contributed by atoms with Crippen LogP contribution < -0.4 is 10.5 Å². The van der Waals surface area contributed by atoms with Gasteiger partial charge in [-0.1, -0.05) is 6.07 Å². The number of nitrogens with two attached hydrogens (primary N) is 1. The topological polar surface area (TPSA) is 122 Å². The lowest BCUT2D eigenvalue weighted by atomic mass is 10.2. The number of unbranched alkanes of at least 4 members (excludes halogenated alkanes) is 2. The number of nitrogens with zero attached hydrogens (tertiary/aromatic N) is 5. The Morgan fingerprint density at radius 1 is 1.20 bits per heavy atom. The second kappa shape index (κ2) is 7.56. The molecule has 0 atom stereocenters. The van der Waals surface area contributed by atoms with E-state index in [4.69, 9.17) is 10.5 Å². The highest BCUT2D eigenvalue weighted by Gasteiger charge is 2.08. The van der Waals surface area contributed by atoms with Crippen LogP contribution in [0, 0.1) is 10.1 Å². The number of anilines is 1. The van der Waals surface area contributed by atoms with E-state index < -0.39 is 4.92 Å². The van der Waals surface area contributed by atoms with E-state index in [2.05, 4.69) is 15.0 Å². The molecule has 3 rings (SSSR count). The van der Waals surface area contributed by atoms with Gasteiger partial charge < -0.3 is 15.0 Å². The van der Waals surface area contributed by atoms with Gasteiger partial charge in [0.2, 0.25) is 0 Å². The van der Waals surface area contributed by atoms with Gasteiger partial charge in [0.15, 0.2) is 11.5 Å². The van der Waals surface area contributed by atoms with E-state index in [-0.39, 0.29) is 5.69 Å². The van der Waals surface area contributed by atoms with Crippen LogP contribution in [0.2, 0.25) is 0 Å². The van der Waals surface area contributed by atoms with Gasteiger partial charge in [0.1, 0.15) is 17.6 Å². The molecule has 9 heteroatoms. The number of hydrogen-bond acceptors (Lipinski definition) is 7. The fraction of sp³-hybridized carbons (Fsp3) is 0.312. The Kier molecular flexibility index (Phi) is 5.03. The number of fused-ring (bicyclic) bond motifs is 1. The minimum absolute atomic E-state index is 0.0331. The van der Waals surface area contributed by atoms with Crippen molar-refractivity contribution in [3.05, 3.63) is 47.0 Å². The summed E-state index contributed by atoms with van der Waals surface area (Å²) in [5.41, 5.74) is 7.15. The molecule has 0 saturated heterocycles. The maximum atomic E-state index is 10.7. The number of nitro benzene ring substituents is 1. The fourth-order valence-corrected chi connectivity index (χ4v) is 2.50. The van der Waals surface area contributed by atoms with Crippen molar-refractivity contribution in [2.24, 2.45) is 0 Å². The van der Waals surface area contributed by atoms with Crippen molar-refractivity contribution in [1.29, 1.82) is 0 Å². The maximum Gasteiger partial charge on any atom is 0.273 e. The predicted molar refractivity (Wildman–Crippen MR) is 92.2 cm³/mol. The third kappa shape index (κ3) is 4.00. The third-order valence-corrected chi connectivity index (χ3v) is 3.77. The van der Waals surface area contributed by atoms with Crippen LogP contribution in [0.15, 0.2) is 36.9 Å². The molecule has 9 nitrogen and oxygen atoms in total. The van der Waals surface area contributed by atoms with Gasteiger partial charge >= 0.3 is 0 Å². The molecule has 0 aliphatic rings. The monoisotopic (exact) mass is 342 g/mol. The molecular weight excluding hydrogens is 324 g/mol. The summed E-state index contributed by atoms with van der Waals surface area (Å²) in [4.78, 5) is 22.6. The summed E-state index contributed by atoms with van der Waals surface area (Å²) in [6, 6.07) is 6.21. The largest absolute Gasteiger partial charge is 0.493 e. The smallest absolute Gasteiger partial charge is 0.273 e. The van der Waals surface area contributed by atoms with E-state index in [0.29, 0.717) is 23.7 Å². The number of non-ortho nitro benzene ring substituents is 1. The summed E-state index contributed by atoms with van der Waals surface area (Å²) in [5, 5.41) is 10.7. The van der Waals surface area contributed by atoms with Crippen LogP contribution in [0.3, 0.4) is 0 Å². The molecule has 0 aliphatic carbocycles. The van der Waals surface area contributed by atoms with Crippen molar-refractivity contribution >= 4 is 22.7 Å². The number of nitro groups is 1. The van der Waals surface area contributed by atoms with Crippen molar-refractivity contribution in [3.8, 4) is 5.75 Å². The lowest BCUT2D eigenvalue weighted by molar-refractivity contribution is -0.384. The molecule has 130 valence electrons. The zero-order valence-corrected chi connectivity index (χ0v) is 13.5. The molecule has 1 aromatic carbocycles. The fourth-order valence-electron chi connectivity index (χ4n) is 2.50. The highest BCUT2D eigenvalue weighted by atomic mass is 16.6. The number of aromatic nitrogens is 4. The minimum atomic E-state index is -0.432. The van der Waals surface area contributed by atoms with Gasteiger partial charge in [-0.2, -0.15) is 0 Å². The molecule has 0 saturated carbocycles. The van der Waals surface area contributed by atoms with Crippen LogP contribution in [0.1, 0.15) is 19.3 Å². The average Bonchev–Trinajstić information content (AvgIpc) is 3.03. The highest BCUT2D eigenvalue weighted by Crippen LogP contribution is 2.19. The van der Waals surface area contributed by atoms with Gasteiger partial charge in [-0.15, -0.1) is 0 Å². The first-order valence-corrected chi connectivity index (χ1v) is 7.94. The first-order chi connectivity index (χ1) is 12.1. The molecule has 2 aromatic heterocycles. The number of aryl methyl sites for hydroxylation is 1. The van der Waals surface area contributed by atoms with Gasteiger partial charge in [0.05, 0.1) is 23.9 Å². The predicted octanol–water partition coefficient (Wildman–Crippen LogP) is 2.57. The molecule has 2 heterocycles. The lowest BCUT2D eigenvalue weighted by Gasteiger charge is -2.06. The summed E-state index contributed by atoms with van der Waals surface area (Å²) in [7, 11) is 0. The Balaban J connectivity index is 1.42. The number of hydrogen-bond donors (Lipinski definition) is 1. The lowest BCUT2D eigenvalue weighted by Crippen LogP contribution is -2.01. The Morgan fingerprint density at radius 3 is 2.92 bits per heavy atom. The summed E-state index contributed by atoms with van der Waals surface area (Å²) in [5.74, 6) is 0.899. The maximum absolute atomic E-state index is 10.7. The molecule has 0 aliphatic heterocycles. The molecule has 2 N–H and O–H groups in total. The highest BCUT2D eigenvalue weighted by molar-refractivity contribution is 5.80. The molecule has 0 spiro atoms. The Labute approximate surface area is 143 Å². The molecule has 0 bridgehead atoms. The number of benzene rings is 1. The van der Waals surface area contributed by atoms with E-state index >= 15 is 0 Å². The average molecular weight is 342 g/mol. The van der Waals surface area contributed by atoms with Crippen LogP contribution >= 0.6 is 0 Å². The zero-order chi connectivity index (χ0) is 17.6. The quantitative estimate of drug-likeness (QED) is 0.379. The van der Waals surface area contributed by atoms with Gasteiger partial charge in [-0.3, -0.25) is 10.1 Å². The molecule has 0 amide bonds. The van der Waals surface area contributed by atoms with Crippen LogP contribution in [0.5, 0.6) is 5.75 Å². The summed E-state index contributed by atoms with van der Waals surface area (Å²) in [6.07, 6.45) is 5.90. The van der Waals surface area contributed by atoms with Crippen molar-refractivity contribution in [2.45, 2.75) is 25.8 Å². The molecular formula is C16H18N6O3. The summed E-state index contributed by atoms with van der Waals surface area (Å²) >= 11 is 0. The number of ether oxygens (including phenoxy) is 1.